The van der Waals surface area contributed by atoms with Gasteiger partial charge in [-0.3, -0.25) is 4.79 Å². The Morgan fingerprint density at radius 3 is 2.40 bits per heavy atom. The van der Waals surface area contributed by atoms with Crippen LogP contribution in [0.4, 0.5) is 0 Å². The van der Waals surface area contributed by atoms with Gasteiger partial charge in [-0.25, -0.2) is 0 Å². The van der Waals surface area contributed by atoms with Crippen LogP contribution in [-0.4, -0.2) is 24.8 Å². The van der Waals surface area contributed by atoms with Gasteiger partial charge in [-0.2, -0.15) is 0 Å². The number of ketones is 1. The van der Waals surface area contributed by atoms with Crippen molar-refractivity contribution in [3.8, 4) is 0 Å². The van der Waals surface area contributed by atoms with Gasteiger partial charge in [-0.15, -0.1) is 0 Å². The summed E-state index contributed by atoms with van der Waals surface area (Å²) in [6.45, 7) is 11.0. The Labute approximate surface area is 151 Å². The highest BCUT2D eigenvalue weighted by Gasteiger charge is 2.97. The van der Waals surface area contributed by atoms with Crippen molar-refractivity contribution in [1.29, 1.82) is 0 Å². The van der Waals surface area contributed by atoms with Crippen molar-refractivity contribution in [2.75, 3.05) is 13.2 Å². The average molecular weight is 344 g/mol. The van der Waals surface area contributed by atoms with Crippen LogP contribution in [0.2, 0.25) is 0 Å². The molecule has 3 heteroatoms. The van der Waals surface area contributed by atoms with E-state index >= 15 is 0 Å². The number of hydrogen-bond acceptors (Lipinski definition) is 3. The lowest BCUT2D eigenvalue weighted by molar-refractivity contribution is -0.278. The van der Waals surface area contributed by atoms with Gasteiger partial charge in [0.1, 0.15) is 5.78 Å². The summed E-state index contributed by atoms with van der Waals surface area (Å²) in [4.78, 5) is 13.7. The van der Waals surface area contributed by atoms with Crippen LogP contribution in [0, 0.1) is 38.9 Å². The molecule has 1 saturated heterocycles. The van der Waals surface area contributed by atoms with Gasteiger partial charge in [0.2, 0.25) is 0 Å². The van der Waals surface area contributed by atoms with Crippen molar-refractivity contribution in [2.45, 2.75) is 78.4 Å². The van der Waals surface area contributed by atoms with Crippen LogP contribution in [0.1, 0.15) is 72.6 Å². The summed E-state index contributed by atoms with van der Waals surface area (Å²) < 4.78 is 12.4. The smallest absolute Gasteiger partial charge is 0.181 e. The molecule has 4 bridgehead atoms. The Morgan fingerprint density at radius 1 is 0.960 bits per heavy atom. The van der Waals surface area contributed by atoms with E-state index in [-0.39, 0.29) is 10.8 Å². The first-order chi connectivity index (χ1) is 11.7. The summed E-state index contributed by atoms with van der Waals surface area (Å²) in [5.74, 6) is 0.952. The van der Waals surface area contributed by atoms with Crippen molar-refractivity contribution in [3.05, 3.63) is 0 Å². The Hall–Kier alpha value is -0.410. The van der Waals surface area contributed by atoms with Crippen molar-refractivity contribution in [2.24, 2.45) is 38.9 Å². The summed E-state index contributed by atoms with van der Waals surface area (Å²) in [6.07, 6.45) is 8.51. The fraction of sp³-hybridized carbons (Fsp3) is 0.955. The third-order valence-corrected chi connectivity index (χ3v) is 10.6. The highest BCUT2D eigenvalue weighted by molar-refractivity contribution is 5.98. The average Bonchev–Trinajstić information content (AvgIpc) is 2.78. The van der Waals surface area contributed by atoms with Crippen LogP contribution in [0.15, 0.2) is 0 Å². The molecular formula is C22H32O3. The topological polar surface area (TPSA) is 35.5 Å². The molecule has 0 radical (unpaired) electrons. The van der Waals surface area contributed by atoms with E-state index in [1.807, 2.05) is 0 Å². The molecule has 6 saturated carbocycles. The second-order valence-corrected chi connectivity index (χ2v) is 11.4. The van der Waals surface area contributed by atoms with Gasteiger partial charge in [0.05, 0.1) is 18.6 Å². The Kier molecular flexibility index (Phi) is 2.44. The predicted molar refractivity (Wildman–Crippen MR) is 93.8 cm³/mol. The predicted octanol–water partition coefficient (Wildman–Crippen LogP) is 4.34. The second-order valence-electron chi connectivity index (χ2n) is 11.4. The molecule has 3 nitrogen and oxygen atoms in total. The van der Waals surface area contributed by atoms with Gasteiger partial charge in [0.15, 0.2) is 5.79 Å². The van der Waals surface area contributed by atoms with E-state index in [0.717, 1.165) is 18.8 Å². The molecule has 6 atom stereocenters. The zero-order valence-corrected chi connectivity index (χ0v) is 16.2. The van der Waals surface area contributed by atoms with Crippen molar-refractivity contribution in [3.63, 3.8) is 0 Å². The van der Waals surface area contributed by atoms with Gasteiger partial charge < -0.3 is 9.47 Å². The molecule has 25 heavy (non-hydrogen) atoms. The fourth-order valence-electron chi connectivity index (χ4n) is 9.77. The highest BCUT2D eigenvalue weighted by Crippen LogP contribution is 2.96. The largest absolute Gasteiger partial charge is 0.346 e. The van der Waals surface area contributed by atoms with Crippen LogP contribution < -0.4 is 0 Å². The number of hydrogen-bond donors (Lipinski definition) is 0. The van der Waals surface area contributed by atoms with E-state index in [4.69, 9.17) is 9.47 Å². The minimum absolute atomic E-state index is 0.185. The minimum atomic E-state index is -0.603. The summed E-state index contributed by atoms with van der Waals surface area (Å²) in [7, 11) is 0. The van der Waals surface area contributed by atoms with Crippen molar-refractivity contribution in [1.82, 2.24) is 0 Å². The summed E-state index contributed by atoms with van der Waals surface area (Å²) in [5.41, 5.74) is 0.756. The maximum atomic E-state index is 13.7. The number of ether oxygens (including phenoxy) is 2. The van der Waals surface area contributed by atoms with Gasteiger partial charge in [-0.05, 0) is 66.6 Å². The number of carbonyl (C=O) groups excluding carboxylic acids is 1. The molecule has 6 aliphatic carbocycles. The van der Waals surface area contributed by atoms with E-state index < -0.39 is 11.2 Å². The molecule has 0 N–H and O–H groups in total. The summed E-state index contributed by atoms with van der Waals surface area (Å²) in [6, 6.07) is 0. The zero-order chi connectivity index (χ0) is 17.5. The Morgan fingerprint density at radius 2 is 1.68 bits per heavy atom. The van der Waals surface area contributed by atoms with Crippen LogP contribution >= 0.6 is 0 Å². The van der Waals surface area contributed by atoms with Crippen molar-refractivity contribution >= 4 is 5.78 Å². The lowest BCUT2D eigenvalue weighted by Crippen LogP contribution is -2.63. The summed E-state index contributed by atoms with van der Waals surface area (Å²) in [5, 5.41) is 0. The molecule has 138 valence electrons. The van der Waals surface area contributed by atoms with E-state index in [9.17, 15) is 4.79 Å². The molecule has 0 amide bonds. The van der Waals surface area contributed by atoms with Crippen LogP contribution in [0.25, 0.3) is 0 Å². The molecule has 3 spiro atoms. The molecule has 7 fully saturated rings. The normalized spacial score (nSPS) is 59.6. The number of Topliss-reactive ketones (excluding diaryl/α,β-unsaturated/α-hetero) is 1. The van der Waals surface area contributed by atoms with E-state index in [1.54, 1.807) is 0 Å². The van der Waals surface area contributed by atoms with E-state index in [0.29, 0.717) is 35.7 Å². The minimum Gasteiger partial charge on any atom is -0.346 e. The zero-order valence-electron chi connectivity index (χ0n) is 16.2. The van der Waals surface area contributed by atoms with E-state index in [2.05, 4.69) is 27.7 Å². The first kappa shape index (κ1) is 15.6. The maximum Gasteiger partial charge on any atom is 0.181 e. The Balaban J connectivity index is 1.52. The van der Waals surface area contributed by atoms with E-state index in [1.165, 1.54) is 32.1 Å². The number of carbonyl (C=O) groups is 1. The molecule has 1 heterocycles. The molecule has 1 unspecified atom stereocenters. The molecule has 0 aromatic heterocycles. The number of fused-ring (bicyclic) bond motifs is 1. The van der Waals surface area contributed by atoms with Crippen molar-refractivity contribution < 1.29 is 14.3 Å². The second kappa shape index (κ2) is 3.90. The molecule has 1 aliphatic heterocycles. The van der Waals surface area contributed by atoms with Crippen LogP contribution in [0.3, 0.4) is 0 Å². The van der Waals surface area contributed by atoms with Gasteiger partial charge in [0, 0.05) is 12.3 Å². The van der Waals surface area contributed by atoms with Crippen LogP contribution in [0.5, 0.6) is 0 Å². The van der Waals surface area contributed by atoms with Gasteiger partial charge >= 0.3 is 0 Å². The van der Waals surface area contributed by atoms with Gasteiger partial charge in [0.25, 0.3) is 0 Å². The SMILES string of the molecule is CC1(C)CCC[C@@]2(C)[C@H]1CC[C@]13CC4(OCCO4)[C@]4(C)C[C@@]12C3C4=O. The fourth-order valence-corrected chi connectivity index (χ4v) is 9.77. The molecule has 0 aromatic carbocycles. The monoisotopic (exact) mass is 344 g/mol. The third kappa shape index (κ3) is 1.26. The lowest BCUT2D eigenvalue weighted by Gasteiger charge is -2.63. The summed E-state index contributed by atoms with van der Waals surface area (Å²) >= 11 is 0. The standard InChI is InChI=1S/C22H32O3/c1-17(2)7-5-8-18(3)14(17)6-9-20-13-22(24-10-11-25-22)19(4)12-21(18,20)15(20)16(19)23/h14-15H,5-13H2,1-4H3/t14-,15?,18-,19+,20+,21-/m0/s1. The highest BCUT2D eigenvalue weighted by atomic mass is 16.7. The van der Waals surface area contributed by atoms with Gasteiger partial charge in [-0.1, -0.05) is 27.2 Å². The third-order valence-electron chi connectivity index (χ3n) is 10.6. The van der Waals surface area contributed by atoms with Crippen LogP contribution in [-0.2, 0) is 14.3 Å². The Bertz CT molecular complexity index is 691. The molecule has 0 aromatic rings. The first-order valence-electron chi connectivity index (χ1n) is 10.5. The number of rotatable bonds is 0. The molecule has 7 rings (SSSR count). The quantitative estimate of drug-likeness (QED) is 0.656. The lowest BCUT2D eigenvalue weighted by atomic mass is 9.42. The molecule has 7 aliphatic rings. The maximum absolute atomic E-state index is 13.7. The first-order valence-corrected chi connectivity index (χ1v) is 10.5. The molecular weight excluding hydrogens is 312 g/mol.